The van der Waals surface area contributed by atoms with Crippen molar-refractivity contribution in [2.75, 3.05) is 28.6 Å². The van der Waals surface area contributed by atoms with Gasteiger partial charge in [-0.05, 0) is 68.0 Å². The lowest BCUT2D eigenvalue weighted by Gasteiger charge is -2.32. The van der Waals surface area contributed by atoms with Crippen LogP contribution >= 0.6 is 0 Å². The van der Waals surface area contributed by atoms with Crippen LogP contribution in [0, 0.1) is 19.8 Å². The molecule has 0 atom stereocenters. The molecule has 0 radical (unpaired) electrons. The topological polar surface area (TPSA) is 66.0 Å². The number of hydrogen-bond acceptors (Lipinski definition) is 6. The van der Waals surface area contributed by atoms with Crippen LogP contribution in [0.25, 0.3) is 0 Å². The van der Waals surface area contributed by atoms with Crippen molar-refractivity contribution < 1.29 is 0 Å². The van der Waals surface area contributed by atoms with Crippen molar-refractivity contribution in [1.29, 1.82) is 0 Å². The molecule has 1 fully saturated rings. The highest BCUT2D eigenvalue weighted by atomic mass is 15.3. The molecule has 2 aromatic carbocycles. The Hall–Kier alpha value is -3.15. The summed E-state index contributed by atoms with van der Waals surface area (Å²) in [6.45, 7) is 8.75. The van der Waals surface area contributed by atoms with Crippen LogP contribution in [0.2, 0.25) is 0 Å². The first-order valence-electron chi connectivity index (χ1n) is 10.2. The highest BCUT2D eigenvalue weighted by Gasteiger charge is 2.15. The van der Waals surface area contributed by atoms with E-state index in [1.165, 1.54) is 29.7 Å². The molecule has 1 aliphatic rings. The van der Waals surface area contributed by atoms with Crippen molar-refractivity contribution in [2.24, 2.45) is 5.92 Å². The standard InChI is InChI=1S/C23H28N6/c1-16-11-13-29(14-12-16)20-9-7-19(8-10-20)25-23-27-21(15-24-28-23)26-22-17(2)5-4-6-18(22)3/h4-10,15-16H,11-14H2,1-3H3,(H2,25,26,27,28). The summed E-state index contributed by atoms with van der Waals surface area (Å²) in [5, 5.41) is 14.8. The summed E-state index contributed by atoms with van der Waals surface area (Å²) in [4.78, 5) is 7.02. The van der Waals surface area contributed by atoms with Gasteiger partial charge in [-0.2, -0.15) is 10.1 Å². The molecule has 2 heterocycles. The third kappa shape index (κ3) is 4.65. The predicted octanol–water partition coefficient (Wildman–Crippen LogP) is 5.21. The van der Waals surface area contributed by atoms with Gasteiger partial charge in [-0.25, -0.2) is 0 Å². The molecule has 4 rings (SSSR count). The maximum absolute atomic E-state index is 4.56. The molecule has 1 aromatic heterocycles. The SMILES string of the molecule is Cc1cccc(C)c1Nc1cnnc(Nc2ccc(N3CCC(C)CC3)cc2)n1. The Kier molecular flexibility index (Phi) is 5.60. The van der Waals surface area contributed by atoms with E-state index in [0.717, 1.165) is 30.4 Å². The number of nitrogens with zero attached hydrogens (tertiary/aromatic N) is 4. The number of rotatable bonds is 5. The fourth-order valence-electron chi connectivity index (χ4n) is 3.71. The molecule has 0 amide bonds. The minimum absolute atomic E-state index is 0.473. The molecule has 1 aliphatic heterocycles. The average molecular weight is 389 g/mol. The third-order valence-electron chi connectivity index (χ3n) is 5.57. The van der Waals surface area contributed by atoms with E-state index in [2.05, 4.69) is 94.0 Å². The second kappa shape index (κ2) is 8.47. The maximum Gasteiger partial charge on any atom is 0.249 e. The first kappa shape index (κ1) is 19.2. The van der Waals surface area contributed by atoms with Crippen molar-refractivity contribution >= 4 is 28.8 Å². The first-order chi connectivity index (χ1) is 14.1. The van der Waals surface area contributed by atoms with E-state index in [0.29, 0.717) is 11.8 Å². The quantitative estimate of drug-likeness (QED) is 0.625. The van der Waals surface area contributed by atoms with Crippen molar-refractivity contribution in [2.45, 2.75) is 33.6 Å². The van der Waals surface area contributed by atoms with Crippen LogP contribution in [0.3, 0.4) is 0 Å². The van der Waals surface area contributed by atoms with Gasteiger partial charge in [0.05, 0.1) is 6.20 Å². The van der Waals surface area contributed by atoms with Crippen molar-refractivity contribution in [3.63, 3.8) is 0 Å². The highest BCUT2D eigenvalue weighted by molar-refractivity contribution is 5.65. The zero-order valence-corrected chi connectivity index (χ0v) is 17.3. The molecule has 3 aromatic rings. The largest absolute Gasteiger partial charge is 0.372 e. The van der Waals surface area contributed by atoms with E-state index >= 15 is 0 Å². The summed E-state index contributed by atoms with van der Waals surface area (Å²) in [7, 11) is 0. The predicted molar refractivity (Wildman–Crippen MR) is 119 cm³/mol. The molecule has 0 aliphatic carbocycles. The minimum atomic E-state index is 0.473. The molecule has 2 N–H and O–H groups in total. The molecule has 150 valence electrons. The van der Waals surface area contributed by atoms with Gasteiger partial charge in [0.1, 0.15) is 0 Å². The molecule has 6 heteroatoms. The summed E-state index contributed by atoms with van der Waals surface area (Å²) in [6, 6.07) is 14.7. The van der Waals surface area contributed by atoms with E-state index in [-0.39, 0.29) is 0 Å². The first-order valence-corrected chi connectivity index (χ1v) is 10.2. The van der Waals surface area contributed by atoms with Crippen LogP contribution in [0.15, 0.2) is 48.7 Å². The van der Waals surface area contributed by atoms with E-state index in [4.69, 9.17) is 0 Å². The van der Waals surface area contributed by atoms with Crippen molar-refractivity contribution in [3.8, 4) is 0 Å². The second-order valence-electron chi connectivity index (χ2n) is 7.90. The Morgan fingerprint density at radius 2 is 1.62 bits per heavy atom. The number of aromatic nitrogens is 3. The lowest BCUT2D eigenvalue weighted by atomic mass is 9.99. The molecule has 0 spiro atoms. The summed E-state index contributed by atoms with van der Waals surface area (Å²) in [6.07, 6.45) is 4.16. The van der Waals surface area contributed by atoms with Gasteiger partial charge in [0.25, 0.3) is 0 Å². The van der Waals surface area contributed by atoms with Gasteiger partial charge in [0.2, 0.25) is 5.95 Å². The summed E-state index contributed by atoms with van der Waals surface area (Å²) in [5.74, 6) is 1.97. The molecule has 0 unspecified atom stereocenters. The zero-order chi connectivity index (χ0) is 20.2. The fourth-order valence-corrected chi connectivity index (χ4v) is 3.71. The average Bonchev–Trinajstić information content (AvgIpc) is 2.72. The zero-order valence-electron chi connectivity index (χ0n) is 17.3. The van der Waals surface area contributed by atoms with Crippen LogP contribution < -0.4 is 15.5 Å². The molecular weight excluding hydrogens is 360 g/mol. The monoisotopic (exact) mass is 388 g/mol. The number of anilines is 5. The van der Waals surface area contributed by atoms with Gasteiger partial charge in [-0.15, -0.1) is 5.10 Å². The van der Waals surface area contributed by atoms with Gasteiger partial charge in [0, 0.05) is 30.2 Å². The van der Waals surface area contributed by atoms with Gasteiger partial charge < -0.3 is 15.5 Å². The molecular formula is C23H28N6. The fraction of sp³-hybridized carbons (Fsp3) is 0.348. The molecule has 6 nitrogen and oxygen atoms in total. The molecule has 0 bridgehead atoms. The van der Waals surface area contributed by atoms with Gasteiger partial charge in [-0.3, -0.25) is 0 Å². The third-order valence-corrected chi connectivity index (χ3v) is 5.57. The van der Waals surface area contributed by atoms with Crippen molar-refractivity contribution in [3.05, 3.63) is 59.8 Å². The number of aryl methyl sites for hydroxylation is 2. The Labute approximate surface area is 172 Å². The number of nitrogens with one attached hydrogen (secondary N) is 2. The maximum atomic E-state index is 4.56. The number of piperidine rings is 1. The van der Waals surface area contributed by atoms with Gasteiger partial charge in [0.15, 0.2) is 5.82 Å². The lowest BCUT2D eigenvalue weighted by molar-refractivity contribution is 0.438. The van der Waals surface area contributed by atoms with Crippen LogP contribution in [0.5, 0.6) is 0 Å². The van der Waals surface area contributed by atoms with E-state index < -0.39 is 0 Å². The van der Waals surface area contributed by atoms with E-state index in [1.54, 1.807) is 6.20 Å². The highest BCUT2D eigenvalue weighted by Crippen LogP contribution is 2.26. The molecule has 1 saturated heterocycles. The number of hydrogen-bond donors (Lipinski definition) is 2. The van der Waals surface area contributed by atoms with Crippen LogP contribution in [0.1, 0.15) is 30.9 Å². The van der Waals surface area contributed by atoms with Crippen LogP contribution in [-0.4, -0.2) is 28.3 Å². The van der Waals surface area contributed by atoms with Crippen molar-refractivity contribution in [1.82, 2.24) is 15.2 Å². The van der Waals surface area contributed by atoms with Crippen LogP contribution in [0.4, 0.5) is 28.8 Å². The van der Waals surface area contributed by atoms with E-state index in [9.17, 15) is 0 Å². The Balaban J connectivity index is 1.44. The minimum Gasteiger partial charge on any atom is -0.372 e. The van der Waals surface area contributed by atoms with E-state index in [1.807, 2.05) is 0 Å². The molecule has 0 saturated carbocycles. The Morgan fingerprint density at radius 3 is 2.31 bits per heavy atom. The number of para-hydroxylation sites is 1. The summed E-state index contributed by atoms with van der Waals surface area (Å²) in [5.41, 5.74) is 5.61. The number of benzene rings is 2. The summed E-state index contributed by atoms with van der Waals surface area (Å²) >= 11 is 0. The Morgan fingerprint density at radius 1 is 0.931 bits per heavy atom. The van der Waals surface area contributed by atoms with Gasteiger partial charge >= 0.3 is 0 Å². The lowest BCUT2D eigenvalue weighted by Crippen LogP contribution is -2.32. The summed E-state index contributed by atoms with van der Waals surface area (Å²) < 4.78 is 0. The normalized spacial score (nSPS) is 14.7. The van der Waals surface area contributed by atoms with Gasteiger partial charge in [-0.1, -0.05) is 25.1 Å². The second-order valence-corrected chi connectivity index (χ2v) is 7.90. The smallest absolute Gasteiger partial charge is 0.249 e. The van der Waals surface area contributed by atoms with Crippen LogP contribution in [-0.2, 0) is 0 Å². The molecule has 29 heavy (non-hydrogen) atoms. The Bertz CT molecular complexity index is 941.